The molecule has 0 saturated carbocycles. The van der Waals surface area contributed by atoms with Gasteiger partial charge in [-0.3, -0.25) is 4.79 Å². The molecule has 162 valence electrons. The zero-order chi connectivity index (χ0) is 23.0. The SMILES string of the molecule is CC(C)(C)c1ccc(N)c(F)c1.Cc1[nH]c2c(F)cc(C(C)(C)C)cc2c(=O)c1C. The second-order valence-corrected chi connectivity index (χ2v) is 9.82. The number of nitrogens with one attached hydrogen (secondary N) is 1. The first-order valence-corrected chi connectivity index (χ1v) is 10.0. The summed E-state index contributed by atoms with van der Waals surface area (Å²) in [6, 6.07) is 8.26. The second-order valence-electron chi connectivity index (χ2n) is 9.82. The minimum absolute atomic E-state index is 0.0193. The first-order valence-electron chi connectivity index (χ1n) is 10.0. The second kappa shape index (κ2) is 8.21. The predicted molar refractivity (Wildman–Crippen MR) is 122 cm³/mol. The Morgan fingerprint density at radius 3 is 1.87 bits per heavy atom. The maximum atomic E-state index is 14.1. The summed E-state index contributed by atoms with van der Waals surface area (Å²) < 4.78 is 27.1. The molecule has 1 heterocycles. The molecule has 5 heteroatoms. The smallest absolute Gasteiger partial charge is 0.192 e. The molecule has 0 amide bonds. The van der Waals surface area contributed by atoms with Crippen molar-refractivity contribution in [1.29, 1.82) is 0 Å². The van der Waals surface area contributed by atoms with E-state index in [0.29, 0.717) is 16.5 Å². The van der Waals surface area contributed by atoms with Crippen LogP contribution < -0.4 is 11.2 Å². The summed E-state index contributed by atoms with van der Waals surface area (Å²) in [4.78, 5) is 15.2. The summed E-state index contributed by atoms with van der Waals surface area (Å²) in [5.74, 6) is -0.694. The molecule has 0 atom stereocenters. The highest BCUT2D eigenvalue weighted by Crippen LogP contribution is 2.27. The van der Waals surface area contributed by atoms with Crippen LogP contribution in [0.4, 0.5) is 14.5 Å². The van der Waals surface area contributed by atoms with Crippen molar-refractivity contribution >= 4 is 16.6 Å². The number of hydrogen-bond donors (Lipinski definition) is 2. The summed E-state index contributed by atoms with van der Waals surface area (Å²) >= 11 is 0. The number of H-pyrrole nitrogens is 1. The van der Waals surface area contributed by atoms with E-state index in [-0.39, 0.29) is 33.6 Å². The Kier molecular flexibility index (Phi) is 6.45. The Bertz CT molecular complexity index is 1130. The average Bonchev–Trinajstić information content (AvgIpc) is 2.61. The van der Waals surface area contributed by atoms with Gasteiger partial charge in [0.25, 0.3) is 0 Å². The standard InChI is InChI=1S/C15H18FNO.C10H14FN/c1-8-9(2)17-13-11(14(8)18)6-10(7-12(13)16)15(3,4)5;1-10(2,3)7-4-5-9(12)8(11)6-7/h6-7H,1-5H3,(H,17,18);4-6H,12H2,1-3H3. The van der Waals surface area contributed by atoms with Gasteiger partial charge in [0, 0.05) is 16.6 Å². The van der Waals surface area contributed by atoms with Gasteiger partial charge in [0.1, 0.15) is 11.6 Å². The molecule has 3 nitrogen and oxygen atoms in total. The Balaban J connectivity index is 0.000000232. The van der Waals surface area contributed by atoms with Crippen molar-refractivity contribution in [3.05, 3.63) is 74.6 Å². The van der Waals surface area contributed by atoms with E-state index in [1.165, 1.54) is 12.1 Å². The zero-order valence-corrected chi connectivity index (χ0v) is 19.1. The zero-order valence-electron chi connectivity index (χ0n) is 19.1. The summed E-state index contributed by atoms with van der Waals surface area (Å²) in [7, 11) is 0. The largest absolute Gasteiger partial charge is 0.396 e. The highest BCUT2D eigenvalue weighted by molar-refractivity contribution is 5.81. The van der Waals surface area contributed by atoms with E-state index in [2.05, 4.69) is 4.98 Å². The maximum absolute atomic E-state index is 14.1. The number of hydrogen-bond acceptors (Lipinski definition) is 2. The van der Waals surface area contributed by atoms with Gasteiger partial charge in [0.15, 0.2) is 5.43 Å². The Morgan fingerprint density at radius 1 is 0.833 bits per heavy atom. The van der Waals surface area contributed by atoms with Crippen molar-refractivity contribution in [2.24, 2.45) is 0 Å². The average molecular weight is 415 g/mol. The fraction of sp³-hybridized carbons (Fsp3) is 0.400. The van der Waals surface area contributed by atoms with Crippen LogP contribution in [0.25, 0.3) is 10.9 Å². The normalized spacial score (nSPS) is 11.9. The molecular weight excluding hydrogens is 382 g/mol. The maximum Gasteiger partial charge on any atom is 0.192 e. The van der Waals surface area contributed by atoms with Gasteiger partial charge >= 0.3 is 0 Å². The number of nitrogens with two attached hydrogens (primary N) is 1. The number of pyridine rings is 1. The lowest BCUT2D eigenvalue weighted by Crippen LogP contribution is -2.15. The summed E-state index contributed by atoms with van der Waals surface area (Å²) in [6.45, 7) is 15.7. The molecule has 0 aliphatic rings. The third kappa shape index (κ3) is 5.07. The van der Waals surface area contributed by atoms with Crippen molar-refractivity contribution < 1.29 is 8.78 Å². The monoisotopic (exact) mass is 414 g/mol. The molecule has 0 unspecified atom stereocenters. The van der Waals surface area contributed by atoms with Crippen LogP contribution in [0.1, 0.15) is 63.9 Å². The minimum atomic E-state index is -0.363. The number of anilines is 1. The number of fused-ring (bicyclic) bond motifs is 1. The lowest BCUT2D eigenvalue weighted by Gasteiger charge is -2.20. The van der Waals surface area contributed by atoms with Gasteiger partial charge in [-0.25, -0.2) is 8.78 Å². The molecule has 0 fully saturated rings. The van der Waals surface area contributed by atoms with Crippen LogP contribution in [0.3, 0.4) is 0 Å². The van der Waals surface area contributed by atoms with Crippen LogP contribution in [0.5, 0.6) is 0 Å². The molecule has 0 aliphatic heterocycles. The highest BCUT2D eigenvalue weighted by atomic mass is 19.1. The Hall–Kier alpha value is -2.69. The van der Waals surface area contributed by atoms with Gasteiger partial charge < -0.3 is 10.7 Å². The summed E-state index contributed by atoms with van der Waals surface area (Å²) in [5, 5.41) is 0.433. The van der Waals surface area contributed by atoms with Crippen molar-refractivity contribution in [2.75, 3.05) is 5.73 Å². The van der Waals surface area contributed by atoms with Crippen LogP contribution >= 0.6 is 0 Å². The first kappa shape index (κ1) is 23.6. The molecule has 1 aromatic heterocycles. The van der Waals surface area contributed by atoms with Gasteiger partial charge in [-0.15, -0.1) is 0 Å². The number of rotatable bonds is 0. The number of aryl methyl sites for hydroxylation is 1. The van der Waals surface area contributed by atoms with Gasteiger partial charge in [0.2, 0.25) is 0 Å². The molecule has 30 heavy (non-hydrogen) atoms. The van der Waals surface area contributed by atoms with Crippen LogP contribution in [0.2, 0.25) is 0 Å². The van der Waals surface area contributed by atoms with E-state index < -0.39 is 0 Å². The lowest BCUT2D eigenvalue weighted by atomic mass is 9.86. The number of benzene rings is 2. The van der Waals surface area contributed by atoms with Crippen molar-refractivity contribution in [2.45, 2.75) is 66.2 Å². The van der Waals surface area contributed by atoms with Gasteiger partial charge in [-0.2, -0.15) is 0 Å². The highest BCUT2D eigenvalue weighted by Gasteiger charge is 2.18. The van der Waals surface area contributed by atoms with E-state index in [4.69, 9.17) is 5.73 Å². The molecule has 0 bridgehead atoms. The molecule has 2 aromatic carbocycles. The molecule has 0 aliphatic carbocycles. The van der Waals surface area contributed by atoms with E-state index in [9.17, 15) is 13.6 Å². The summed E-state index contributed by atoms with van der Waals surface area (Å²) in [6.07, 6.45) is 0. The third-order valence-corrected chi connectivity index (χ3v) is 5.28. The van der Waals surface area contributed by atoms with Gasteiger partial charge in [-0.05, 0) is 60.1 Å². The van der Waals surface area contributed by atoms with Gasteiger partial charge in [0.05, 0.1) is 11.2 Å². The number of aromatic amines is 1. The first-order chi connectivity index (χ1) is 13.6. The van der Waals surface area contributed by atoms with Crippen LogP contribution in [0, 0.1) is 25.5 Å². The van der Waals surface area contributed by atoms with E-state index in [0.717, 1.165) is 16.8 Å². The Labute approximate surface area is 177 Å². The molecule has 0 saturated heterocycles. The minimum Gasteiger partial charge on any atom is -0.396 e. The number of nitrogen functional groups attached to an aromatic ring is 1. The molecule has 3 aromatic rings. The predicted octanol–water partition coefficient (Wildman–Crippen LogP) is 6.29. The number of aromatic nitrogens is 1. The van der Waals surface area contributed by atoms with E-state index in [1.54, 1.807) is 26.0 Å². The van der Waals surface area contributed by atoms with Crippen LogP contribution in [-0.4, -0.2) is 4.98 Å². The third-order valence-electron chi connectivity index (χ3n) is 5.28. The van der Waals surface area contributed by atoms with Crippen molar-refractivity contribution in [1.82, 2.24) is 4.98 Å². The van der Waals surface area contributed by atoms with Crippen LogP contribution in [0.15, 0.2) is 35.1 Å². The Morgan fingerprint density at radius 2 is 1.37 bits per heavy atom. The summed E-state index contributed by atoms with van der Waals surface area (Å²) in [5.41, 5.74) is 8.74. The number of halogens is 2. The molecular formula is C25H32F2N2O. The molecule has 3 rings (SSSR count). The quantitative estimate of drug-likeness (QED) is 0.425. The fourth-order valence-corrected chi connectivity index (χ4v) is 2.99. The fourth-order valence-electron chi connectivity index (χ4n) is 2.99. The molecule has 0 spiro atoms. The van der Waals surface area contributed by atoms with Crippen molar-refractivity contribution in [3.63, 3.8) is 0 Å². The van der Waals surface area contributed by atoms with E-state index >= 15 is 0 Å². The topological polar surface area (TPSA) is 58.9 Å². The molecule has 3 N–H and O–H groups in total. The molecule has 0 radical (unpaired) electrons. The van der Waals surface area contributed by atoms with Crippen LogP contribution in [-0.2, 0) is 10.8 Å². The van der Waals surface area contributed by atoms with E-state index in [1.807, 2.05) is 47.6 Å². The lowest BCUT2D eigenvalue weighted by molar-refractivity contribution is 0.574. The van der Waals surface area contributed by atoms with Gasteiger partial charge in [-0.1, -0.05) is 47.6 Å². The van der Waals surface area contributed by atoms with Crippen molar-refractivity contribution in [3.8, 4) is 0 Å².